The van der Waals surface area contributed by atoms with Gasteiger partial charge in [0, 0.05) is 24.9 Å². The van der Waals surface area contributed by atoms with E-state index in [4.69, 9.17) is 5.41 Å². The third kappa shape index (κ3) is 3.58. The van der Waals surface area contributed by atoms with Gasteiger partial charge in [0.15, 0.2) is 0 Å². The molecule has 1 aliphatic carbocycles. The molecule has 1 aliphatic rings. The van der Waals surface area contributed by atoms with Crippen molar-refractivity contribution in [2.24, 2.45) is 11.8 Å². The standard InChI is InChI=1S/C13H23N3O/c1-9-6-4-5-7-11(9)13(17)16-12(8-14)10(2)15-3/h8-9,11,14-15H,4-7H2,1-3H3,(H,16,17)/b12-10+,14-8?. The fourth-order valence-corrected chi connectivity index (χ4v) is 2.30. The molecule has 2 unspecified atom stereocenters. The lowest BCUT2D eigenvalue weighted by Gasteiger charge is -2.27. The van der Waals surface area contributed by atoms with Crippen molar-refractivity contribution in [1.29, 1.82) is 5.41 Å². The predicted molar refractivity (Wildman–Crippen MR) is 69.8 cm³/mol. The van der Waals surface area contributed by atoms with E-state index in [0.717, 1.165) is 25.0 Å². The zero-order valence-corrected chi connectivity index (χ0v) is 11.0. The zero-order valence-electron chi connectivity index (χ0n) is 11.0. The van der Waals surface area contributed by atoms with Gasteiger partial charge in [0.1, 0.15) is 0 Å². The molecular formula is C13H23N3O. The second-order valence-electron chi connectivity index (χ2n) is 4.79. The van der Waals surface area contributed by atoms with Crippen molar-refractivity contribution in [3.8, 4) is 0 Å². The maximum Gasteiger partial charge on any atom is 0.227 e. The minimum Gasteiger partial charge on any atom is -0.390 e. The minimum absolute atomic E-state index is 0.0605. The molecule has 0 bridgehead atoms. The summed E-state index contributed by atoms with van der Waals surface area (Å²) in [4.78, 5) is 12.1. The fraction of sp³-hybridized carbons (Fsp3) is 0.692. The van der Waals surface area contributed by atoms with Gasteiger partial charge in [-0.15, -0.1) is 0 Å². The van der Waals surface area contributed by atoms with Crippen LogP contribution in [0.2, 0.25) is 0 Å². The molecule has 4 heteroatoms. The van der Waals surface area contributed by atoms with E-state index in [2.05, 4.69) is 17.6 Å². The highest BCUT2D eigenvalue weighted by molar-refractivity contribution is 5.88. The summed E-state index contributed by atoms with van der Waals surface area (Å²) >= 11 is 0. The molecule has 1 fully saturated rings. The van der Waals surface area contributed by atoms with Gasteiger partial charge in [-0.05, 0) is 25.7 Å². The third-order valence-corrected chi connectivity index (χ3v) is 3.63. The van der Waals surface area contributed by atoms with Gasteiger partial charge in [-0.25, -0.2) is 0 Å². The number of hydrogen-bond acceptors (Lipinski definition) is 3. The van der Waals surface area contributed by atoms with E-state index in [9.17, 15) is 4.79 Å². The number of nitrogens with one attached hydrogen (secondary N) is 3. The molecule has 3 N–H and O–H groups in total. The number of carbonyl (C=O) groups is 1. The van der Waals surface area contributed by atoms with Crippen LogP contribution in [0.25, 0.3) is 0 Å². The molecule has 0 spiro atoms. The molecule has 0 heterocycles. The Morgan fingerprint density at radius 1 is 1.35 bits per heavy atom. The van der Waals surface area contributed by atoms with Crippen molar-refractivity contribution in [2.45, 2.75) is 39.5 Å². The highest BCUT2D eigenvalue weighted by atomic mass is 16.1. The van der Waals surface area contributed by atoms with Crippen LogP contribution < -0.4 is 10.6 Å². The Morgan fingerprint density at radius 3 is 2.53 bits per heavy atom. The van der Waals surface area contributed by atoms with E-state index >= 15 is 0 Å². The topological polar surface area (TPSA) is 65.0 Å². The first-order chi connectivity index (χ1) is 8.10. The molecule has 0 aromatic heterocycles. The monoisotopic (exact) mass is 237 g/mol. The lowest BCUT2D eigenvalue weighted by atomic mass is 9.80. The summed E-state index contributed by atoms with van der Waals surface area (Å²) in [6.45, 7) is 3.99. The van der Waals surface area contributed by atoms with Crippen LogP contribution in [0.4, 0.5) is 0 Å². The van der Waals surface area contributed by atoms with Crippen molar-refractivity contribution in [2.75, 3.05) is 7.05 Å². The van der Waals surface area contributed by atoms with Crippen LogP contribution in [0.3, 0.4) is 0 Å². The van der Waals surface area contributed by atoms with Crippen LogP contribution in [0.15, 0.2) is 11.4 Å². The van der Waals surface area contributed by atoms with Crippen molar-refractivity contribution >= 4 is 12.1 Å². The maximum absolute atomic E-state index is 12.1. The van der Waals surface area contributed by atoms with Crippen molar-refractivity contribution in [1.82, 2.24) is 10.6 Å². The van der Waals surface area contributed by atoms with Crippen molar-refractivity contribution < 1.29 is 4.79 Å². The lowest BCUT2D eigenvalue weighted by Crippen LogP contribution is -2.36. The molecule has 4 nitrogen and oxygen atoms in total. The molecule has 0 aliphatic heterocycles. The van der Waals surface area contributed by atoms with E-state index in [0.29, 0.717) is 11.6 Å². The molecule has 1 amide bonds. The first-order valence-corrected chi connectivity index (χ1v) is 6.30. The van der Waals surface area contributed by atoms with Gasteiger partial charge >= 0.3 is 0 Å². The average molecular weight is 237 g/mol. The van der Waals surface area contributed by atoms with Gasteiger partial charge in [0.2, 0.25) is 5.91 Å². The van der Waals surface area contributed by atoms with E-state index in [1.807, 2.05) is 6.92 Å². The molecule has 0 radical (unpaired) electrons. The van der Waals surface area contributed by atoms with Crippen LogP contribution in [-0.2, 0) is 4.79 Å². The molecule has 0 saturated heterocycles. The highest BCUT2D eigenvalue weighted by Crippen LogP contribution is 2.29. The Hall–Kier alpha value is -1.32. The Kier molecular flexibility index (Phi) is 5.19. The maximum atomic E-state index is 12.1. The summed E-state index contributed by atoms with van der Waals surface area (Å²) in [6, 6.07) is 0. The lowest BCUT2D eigenvalue weighted by molar-refractivity contribution is -0.126. The van der Waals surface area contributed by atoms with Crippen molar-refractivity contribution in [3.63, 3.8) is 0 Å². The van der Waals surface area contributed by atoms with Gasteiger partial charge in [0.25, 0.3) is 0 Å². The van der Waals surface area contributed by atoms with Crippen LogP contribution in [0.5, 0.6) is 0 Å². The summed E-state index contributed by atoms with van der Waals surface area (Å²) in [5.74, 6) is 0.610. The van der Waals surface area contributed by atoms with Crippen LogP contribution in [0, 0.1) is 17.2 Å². The quantitative estimate of drug-likeness (QED) is 0.655. The van der Waals surface area contributed by atoms with Gasteiger partial charge in [-0.1, -0.05) is 19.8 Å². The Morgan fingerprint density at radius 2 is 2.00 bits per heavy atom. The number of carbonyl (C=O) groups excluding carboxylic acids is 1. The molecule has 0 aromatic rings. The normalized spacial score (nSPS) is 25.8. The highest BCUT2D eigenvalue weighted by Gasteiger charge is 2.27. The second-order valence-corrected chi connectivity index (χ2v) is 4.79. The predicted octanol–water partition coefficient (Wildman–Crippen LogP) is 2.03. The molecule has 2 atom stereocenters. The van der Waals surface area contributed by atoms with E-state index in [1.165, 1.54) is 12.6 Å². The van der Waals surface area contributed by atoms with E-state index < -0.39 is 0 Å². The first-order valence-electron chi connectivity index (χ1n) is 6.30. The number of allylic oxidation sites excluding steroid dienone is 2. The van der Waals surface area contributed by atoms with E-state index in [-0.39, 0.29) is 11.8 Å². The molecule has 96 valence electrons. The van der Waals surface area contributed by atoms with Gasteiger partial charge in [-0.2, -0.15) is 0 Å². The smallest absolute Gasteiger partial charge is 0.227 e. The summed E-state index contributed by atoms with van der Waals surface area (Å²) < 4.78 is 0. The number of hydrogen-bond donors (Lipinski definition) is 3. The summed E-state index contributed by atoms with van der Waals surface area (Å²) in [6.07, 6.45) is 5.66. The summed E-state index contributed by atoms with van der Waals surface area (Å²) in [5.41, 5.74) is 1.38. The molecule has 1 rings (SSSR count). The molecule has 1 saturated carbocycles. The Labute approximate surface area is 103 Å². The van der Waals surface area contributed by atoms with E-state index in [1.54, 1.807) is 7.05 Å². The van der Waals surface area contributed by atoms with Gasteiger partial charge in [-0.3, -0.25) is 4.79 Å². The minimum atomic E-state index is 0.0605. The average Bonchev–Trinajstić information content (AvgIpc) is 2.35. The van der Waals surface area contributed by atoms with Gasteiger partial charge in [0.05, 0.1) is 5.70 Å². The molecule has 17 heavy (non-hydrogen) atoms. The number of amides is 1. The Bertz CT molecular complexity index is 323. The zero-order chi connectivity index (χ0) is 12.8. The fourth-order valence-electron chi connectivity index (χ4n) is 2.30. The summed E-state index contributed by atoms with van der Waals surface area (Å²) in [7, 11) is 1.79. The second kappa shape index (κ2) is 6.42. The Balaban J connectivity index is 2.67. The van der Waals surface area contributed by atoms with Crippen molar-refractivity contribution in [3.05, 3.63) is 11.4 Å². The first kappa shape index (κ1) is 13.7. The van der Waals surface area contributed by atoms with Crippen LogP contribution in [0.1, 0.15) is 39.5 Å². The van der Waals surface area contributed by atoms with Crippen LogP contribution in [-0.4, -0.2) is 19.2 Å². The summed E-state index contributed by atoms with van der Waals surface area (Å²) in [5, 5.41) is 13.1. The third-order valence-electron chi connectivity index (χ3n) is 3.63. The molecule has 0 aromatic carbocycles. The SMILES string of the molecule is CN/C(C)=C(\C=N)NC(=O)C1CCCCC1C. The van der Waals surface area contributed by atoms with Gasteiger partial charge < -0.3 is 16.0 Å². The largest absolute Gasteiger partial charge is 0.390 e. The van der Waals surface area contributed by atoms with Crippen LogP contribution >= 0.6 is 0 Å². The molecular weight excluding hydrogens is 214 g/mol. The number of rotatable bonds is 4.